The standard InChI is InChI=1S/C14H22N2O4.Li/c1-8(17)16-13-10(15)7-12(14(18)19)20-11(13)6-9-4-2-3-5-9;/h7,9-11,13H,2-6,15H2,1H3,(H,16,17)(H,18,19);/q;+1/p-1/t10-,11-,13+;/m0./s1. The molecule has 3 atom stereocenters. The molecule has 2 aliphatic rings. The van der Waals surface area contributed by atoms with Crippen LogP contribution >= 0.6 is 0 Å². The number of carbonyl (C=O) groups is 1. The van der Waals surface area contributed by atoms with E-state index in [1.54, 1.807) is 0 Å². The van der Waals surface area contributed by atoms with Gasteiger partial charge in [0, 0.05) is 0 Å². The van der Waals surface area contributed by atoms with Crippen LogP contribution in [0.3, 0.4) is 0 Å². The Morgan fingerprint density at radius 1 is 1.52 bits per heavy atom. The van der Waals surface area contributed by atoms with Crippen LogP contribution in [0.4, 0.5) is 0 Å². The number of nitrogens with two attached hydrogens (primary N) is 1. The van der Waals surface area contributed by atoms with Crippen LogP contribution in [0.1, 0.15) is 39.0 Å². The summed E-state index contributed by atoms with van der Waals surface area (Å²) in [6.45, 7) is 1.37. The smallest absolute Gasteiger partial charge is 0.862 e. The second kappa shape index (κ2) is 7.88. The number of hydrogen-bond donors (Lipinski definition) is 2. The molecule has 0 spiro atoms. The molecule has 21 heavy (non-hydrogen) atoms. The molecule has 1 aliphatic heterocycles. The number of ether oxygens (including phenoxy) is 1. The minimum Gasteiger partial charge on any atom is -0.862 e. The van der Waals surface area contributed by atoms with Gasteiger partial charge in [0.05, 0.1) is 6.04 Å². The van der Waals surface area contributed by atoms with Crippen molar-refractivity contribution < 1.29 is 38.6 Å². The number of rotatable bonds is 4. The molecule has 1 aliphatic carbocycles. The minimum atomic E-state index is -1.13. The van der Waals surface area contributed by atoms with Crippen molar-refractivity contribution in [2.45, 2.75) is 57.2 Å². The predicted octanol–water partition coefficient (Wildman–Crippen LogP) is -2.59. The summed E-state index contributed by atoms with van der Waals surface area (Å²) in [4.78, 5) is 15.1. The van der Waals surface area contributed by atoms with Gasteiger partial charge in [-0.2, -0.15) is 0 Å². The van der Waals surface area contributed by atoms with Crippen LogP contribution in [0.5, 0.6) is 0 Å². The fourth-order valence-electron chi connectivity index (χ4n) is 3.06. The number of hydrogen-bond acceptors (Lipinski definition) is 5. The van der Waals surface area contributed by atoms with E-state index >= 15 is 0 Å². The van der Waals surface area contributed by atoms with Crippen molar-refractivity contribution in [3.8, 4) is 0 Å². The Balaban J connectivity index is 0.00000220. The monoisotopic (exact) mass is 288 g/mol. The third-order valence-corrected chi connectivity index (χ3v) is 3.98. The molecule has 1 fully saturated rings. The summed E-state index contributed by atoms with van der Waals surface area (Å²) in [5.74, 6) is -1.06. The fraction of sp³-hybridized carbons (Fsp3) is 0.714. The molecule has 112 valence electrons. The van der Waals surface area contributed by atoms with E-state index in [4.69, 9.17) is 15.6 Å². The molecule has 0 aromatic carbocycles. The largest absolute Gasteiger partial charge is 1.00 e. The predicted molar refractivity (Wildman–Crippen MR) is 72.0 cm³/mol. The number of aliphatic carboxylic acids is 1. The summed E-state index contributed by atoms with van der Waals surface area (Å²) in [5, 5.41) is 20.3. The van der Waals surface area contributed by atoms with E-state index in [2.05, 4.69) is 4.99 Å². The van der Waals surface area contributed by atoms with Crippen LogP contribution in [-0.2, 0) is 9.53 Å². The normalized spacial score (nSPS) is 30.3. The molecule has 6 nitrogen and oxygen atoms in total. The Morgan fingerprint density at radius 3 is 2.67 bits per heavy atom. The molecule has 0 saturated heterocycles. The first-order chi connectivity index (χ1) is 9.47. The van der Waals surface area contributed by atoms with E-state index < -0.39 is 24.2 Å². The van der Waals surface area contributed by atoms with Crippen LogP contribution < -0.4 is 29.7 Å². The topological polar surface area (TPSA) is 108 Å². The maximum Gasteiger partial charge on any atom is 1.00 e. The minimum absolute atomic E-state index is 0. The zero-order valence-corrected chi connectivity index (χ0v) is 12.6. The van der Waals surface area contributed by atoms with Crippen molar-refractivity contribution in [3.05, 3.63) is 11.8 Å². The molecule has 3 N–H and O–H groups in total. The molecule has 0 aromatic heterocycles. The first-order valence-corrected chi connectivity index (χ1v) is 7.06. The molecule has 0 bridgehead atoms. The van der Waals surface area contributed by atoms with Gasteiger partial charge in [-0.05, 0) is 31.2 Å². The average molecular weight is 288 g/mol. The molecule has 0 amide bonds. The van der Waals surface area contributed by atoms with Gasteiger partial charge in [0.25, 0.3) is 0 Å². The van der Waals surface area contributed by atoms with Gasteiger partial charge < -0.3 is 20.7 Å². The maximum absolute atomic E-state index is 11.2. The van der Waals surface area contributed by atoms with E-state index in [1.165, 1.54) is 25.8 Å². The van der Waals surface area contributed by atoms with Crippen molar-refractivity contribution in [2.75, 3.05) is 0 Å². The summed E-state index contributed by atoms with van der Waals surface area (Å²) in [6.07, 6.45) is 6.25. The average Bonchev–Trinajstić information content (AvgIpc) is 2.85. The maximum atomic E-state index is 11.2. The first-order valence-electron chi connectivity index (χ1n) is 7.06. The van der Waals surface area contributed by atoms with Gasteiger partial charge in [0.15, 0.2) is 0 Å². The van der Waals surface area contributed by atoms with Gasteiger partial charge in [0.2, 0.25) is 5.76 Å². The Kier molecular flexibility index (Phi) is 6.79. The molecule has 0 unspecified atom stereocenters. The SMILES string of the molecule is CC([O-])=N[C@H]1[C@H](CC2CCCC2)OC(C(=O)O)=C[C@@H]1N.[Li+]. The van der Waals surface area contributed by atoms with E-state index in [9.17, 15) is 9.90 Å². The van der Waals surface area contributed by atoms with Crippen molar-refractivity contribution >= 4 is 11.9 Å². The Bertz CT molecular complexity index is 429. The van der Waals surface area contributed by atoms with Crippen LogP contribution in [0, 0.1) is 5.92 Å². The van der Waals surface area contributed by atoms with Crippen molar-refractivity contribution in [2.24, 2.45) is 16.6 Å². The number of carboxylic acids is 1. The van der Waals surface area contributed by atoms with E-state index in [0.29, 0.717) is 12.3 Å². The molecule has 2 rings (SSSR count). The number of aliphatic imine (C=N–C) groups is 1. The summed E-state index contributed by atoms with van der Waals surface area (Å²) >= 11 is 0. The van der Waals surface area contributed by atoms with Crippen molar-refractivity contribution in [1.82, 2.24) is 0 Å². The second-order valence-electron chi connectivity index (χ2n) is 5.59. The van der Waals surface area contributed by atoms with Crippen LogP contribution in [0.2, 0.25) is 0 Å². The summed E-state index contributed by atoms with van der Waals surface area (Å²) in [7, 11) is 0. The first kappa shape index (κ1) is 18.1. The molecule has 7 heteroatoms. The van der Waals surface area contributed by atoms with Crippen LogP contribution in [0.25, 0.3) is 0 Å². The van der Waals surface area contributed by atoms with Gasteiger partial charge >= 0.3 is 24.8 Å². The Labute approximate surface area is 136 Å². The van der Waals surface area contributed by atoms with E-state index in [-0.39, 0.29) is 30.5 Å². The van der Waals surface area contributed by atoms with E-state index in [0.717, 1.165) is 12.8 Å². The zero-order chi connectivity index (χ0) is 14.7. The van der Waals surface area contributed by atoms with Crippen molar-refractivity contribution in [3.63, 3.8) is 0 Å². The molecule has 0 radical (unpaired) electrons. The van der Waals surface area contributed by atoms with Gasteiger partial charge in [-0.25, -0.2) is 4.79 Å². The quantitative estimate of drug-likeness (QED) is 0.335. The van der Waals surface area contributed by atoms with Gasteiger partial charge in [-0.3, -0.25) is 4.99 Å². The van der Waals surface area contributed by atoms with Crippen LogP contribution in [-0.4, -0.2) is 35.2 Å². The third-order valence-electron chi connectivity index (χ3n) is 3.98. The number of carboxylic acid groups (broad SMARTS) is 1. The number of nitrogens with zero attached hydrogens (tertiary/aromatic N) is 1. The Morgan fingerprint density at radius 2 is 2.14 bits per heavy atom. The molecule has 1 heterocycles. The van der Waals surface area contributed by atoms with Gasteiger partial charge in [-0.1, -0.05) is 25.7 Å². The van der Waals surface area contributed by atoms with Gasteiger partial charge in [0.1, 0.15) is 12.1 Å². The fourth-order valence-corrected chi connectivity index (χ4v) is 3.06. The zero-order valence-electron chi connectivity index (χ0n) is 12.6. The molecular weight excluding hydrogens is 267 g/mol. The molecule has 0 aromatic rings. The third kappa shape index (κ3) is 4.77. The summed E-state index contributed by atoms with van der Waals surface area (Å²) in [6, 6.07) is -1.08. The van der Waals surface area contributed by atoms with Gasteiger partial charge in [-0.15, -0.1) is 0 Å². The van der Waals surface area contributed by atoms with Crippen molar-refractivity contribution in [1.29, 1.82) is 0 Å². The van der Waals surface area contributed by atoms with E-state index in [1.807, 2.05) is 0 Å². The molecular formula is C14H21LiN2O4. The Hall–Kier alpha value is -0.963. The molecule has 1 saturated carbocycles. The second-order valence-corrected chi connectivity index (χ2v) is 5.59. The van der Waals surface area contributed by atoms with Crippen LogP contribution in [0.15, 0.2) is 16.8 Å². The summed E-state index contributed by atoms with van der Waals surface area (Å²) < 4.78 is 5.53. The summed E-state index contributed by atoms with van der Waals surface area (Å²) in [5.41, 5.74) is 5.95.